The predicted molar refractivity (Wildman–Crippen MR) is 101 cm³/mol. The third kappa shape index (κ3) is 3.09. The highest BCUT2D eigenvalue weighted by Gasteiger charge is 2.51. The van der Waals surface area contributed by atoms with E-state index in [0.29, 0.717) is 23.6 Å². The number of benzene rings is 1. The fourth-order valence-corrected chi connectivity index (χ4v) is 5.86. The Morgan fingerprint density at radius 3 is 2.29 bits per heavy atom. The number of ether oxygens (including phenoxy) is 2. The van der Waals surface area contributed by atoms with E-state index in [2.05, 4.69) is 10.2 Å². The van der Waals surface area contributed by atoms with Crippen molar-refractivity contribution in [2.75, 3.05) is 7.11 Å². The summed E-state index contributed by atoms with van der Waals surface area (Å²) in [6.45, 7) is 1.80. The van der Waals surface area contributed by atoms with Crippen LogP contribution in [0.25, 0.3) is 11.5 Å². The quantitative estimate of drug-likeness (QED) is 0.713. The Hall–Kier alpha value is -2.37. The second-order valence-electron chi connectivity index (χ2n) is 8.71. The maximum atomic E-state index is 12.9. The molecule has 0 amide bonds. The monoisotopic (exact) mass is 382 g/mol. The summed E-state index contributed by atoms with van der Waals surface area (Å²) < 4.78 is 16.7. The van der Waals surface area contributed by atoms with Crippen LogP contribution in [-0.4, -0.2) is 23.3 Å². The molecule has 1 unspecified atom stereocenters. The van der Waals surface area contributed by atoms with E-state index in [4.69, 9.17) is 13.9 Å². The third-order valence-corrected chi connectivity index (χ3v) is 6.92. The van der Waals surface area contributed by atoms with Gasteiger partial charge in [-0.25, -0.2) is 0 Å². The predicted octanol–water partition coefficient (Wildman–Crippen LogP) is 4.42. The molecule has 2 aromatic rings. The van der Waals surface area contributed by atoms with E-state index in [1.54, 1.807) is 14.0 Å². The van der Waals surface area contributed by atoms with Crippen LogP contribution in [0.15, 0.2) is 28.7 Å². The van der Waals surface area contributed by atoms with Gasteiger partial charge in [0.25, 0.3) is 5.89 Å². The zero-order valence-electron chi connectivity index (χ0n) is 16.3. The summed E-state index contributed by atoms with van der Waals surface area (Å²) in [5, 5.41) is 8.21. The van der Waals surface area contributed by atoms with Crippen LogP contribution >= 0.6 is 0 Å². The number of aromatic nitrogens is 2. The Bertz CT molecular complexity index is 832. The summed E-state index contributed by atoms with van der Waals surface area (Å²) in [7, 11) is 1.62. The Morgan fingerprint density at radius 1 is 1.04 bits per heavy atom. The summed E-state index contributed by atoms with van der Waals surface area (Å²) in [6.07, 6.45) is 5.63. The molecule has 4 fully saturated rings. The van der Waals surface area contributed by atoms with Crippen molar-refractivity contribution in [3.05, 3.63) is 30.2 Å². The molecule has 6 heteroatoms. The SMILES string of the molecule is COc1ccc(-c2nnc(C(C)OC(=O)C3C4CC5CC(C4)CC3C5)o2)cc1. The Labute approximate surface area is 164 Å². The topological polar surface area (TPSA) is 74.5 Å². The maximum absolute atomic E-state index is 12.9. The lowest BCUT2D eigenvalue weighted by Crippen LogP contribution is -2.48. The lowest BCUT2D eigenvalue weighted by Gasteiger charge is -2.53. The average molecular weight is 382 g/mol. The molecule has 1 aromatic carbocycles. The van der Waals surface area contributed by atoms with E-state index >= 15 is 0 Å². The van der Waals surface area contributed by atoms with Crippen molar-refractivity contribution in [3.8, 4) is 17.2 Å². The average Bonchev–Trinajstić information content (AvgIpc) is 3.17. The molecule has 0 N–H and O–H groups in total. The Morgan fingerprint density at radius 2 is 1.68 bits per heavy atom. The van der Waals surface area contributed by atoms with Crippen molar-refractivity contribution in [2.24, 2.45) is 29.6 Å². The minimum atomic E-state index is -0.538. The van der Waals surface area contributed by atoms with Crippen molar-refractivity contribution in [1.82, 2.24) is 10.2 Å². The highest BCUT2D eigenvalue weighted by molar-refractivity contribution is 5.74. The molecule has 1 aromatic heterocycles. The molecule has 0 radical (unpaired) electrons. The van der Waals surface area contributed by atoms with Gasteiger partial charge >= 0.3 is 5.97 Å². The standard InChI is InChI=1S/C22H26N2O4/c1-12(20-23-24-21(28-20)15-3-5-18(26-2)6-4-15)27-22(25)19-16-8-13-7-14(10-16)11-17(19)9-13/h3-6,12-14,16-17,19H,7-11H2,1-2H3. The molecule has 0 aliphatic heterocycles. The first-order valence-electron chi connectivity index (χ1n) is 10.3. The molecule has 0 spiro atoms. The van der Waals surface area contributed by atoms with Crippen molar-refractivity contribution in [1.29, 1.82) is 0 Å². The molecule has 4 saturated carbocycles. The molecule has 28 heavy (non-hydrogen) atoms. The highest BCUT2D eigenvalue weighted by atomic mass is 16.6. The van der Waals surface area contributed by atoms with Crippen LogP contribution in [0.2, 0.25) is 0 Å². The van der Waals surface area contributed by atoms with Gasteiger partial charge in [0.2, 0.25) is 5.89 Å². The van der Waals surface area contributed by atoms with Gasteiger partial charge in [0.1, 0.15) is 5.75 Å². The van der Waals surface area contributed by atoms with Gasteiger partial charge in [-0.05, 0) is 87.0 Å². The first kappa shape index (κ1) is 17.7. The van der Waals surface area contributed by atoms with E-state index in [1.165, 1.54) is 32.1 Å². The number of hydrogen-bond donors (Lipinski definition) is 0. The second-order valence-corrected chi connectivity index (χ2v) is 8.71. The van der Waals surface area contributed by atoms with Gasteiger partial charge in [-0.3, -0.25) is 4.79 Å². The molecule has 1 atom stereocenters. The first-order chi connectivity index (χ1) is 13.6. The first-order valence-corrected chi connectivity index (χ1v) is 10.3. The fraction of sp³-hybridized carbons (Fsp3) is 0.591. The van der Waals surface area contributed by atoms with Gasteiger partial charge in [-0.15, -0.1) is 10.2 Å². The summed E-state index contributed by atoms with van der Waals surface area (Å²) in [4.78, 5) is 12.9. The third-order valence-electron chi connectivity index (χ3n) is 6.92. The van der Waals surface area contributed by atoms with Crippen LogP contribution in [0.3, 0.4) is 0 Å². The van der Waals surface area contributed by atoms with E-state index in [1.807, 2.05) is 24.3 Å². The van der Waals surface area contributed by atoms with Gasteiger partial charge in [0.15, 0.2) is 6.10 Å². The van der Waals surface area contributed by atoms with E-state index in [0.717, 1.165) is 23.1 Å². The van der Waals surface area contributed by atoms with Gasteiger partial charge in [0.05, 0.1) is 13.0 Å². The number of carbonyl (C=O) groups is 1. The molecule has 6 nitrogen and oxygen atoms in total. The lowest BCUT2D eigenvalue weighted by molar-refractivity contribution is -0.168. The van der Waals surface area contributed by atoms with Crippen LogP contribution in [0, 0.1) is 29.6 Å². The molecule has 6 rings (SSSR count). The summed E-state index contributed by atoms with van der Waals surface area (Å²) in [5.74, 6) is 4.19. The number of nitrogens with zero attached hydrogens (tertiary/aromatic N) is 2. The lowest BCUT2D eigenvalue weighted by atomic mass is 9.52. The molecular weight excluding hydrogens is 356 g/mol. The molecule has 0 saturated heterocycles. The highest BCUT2D eigenvalue weighted by Crippen LogP contribution is 2.56. The molecule has 4 aliphatic carbocycles. The van der Waals surface area contributed by atoms with Crippen molar-refractivity contribution in [2.45, 2.75) is 45.1 Å². The van der Waals surface area contributed by atoms with E-state index in [9.17, 15) is 4.79 Å². The van der Waals surface area contributed by atoms with Gasteiger partial charge in [0, 0.05) is 5.56 Å². The minimum Gasteiger partial charge on any atom is -0.497 e. The van der Waals surface area contributed by atoms with Gasteiger partial charge in [-0.2, -0.15) is 0 Å². The van der Waals surface area contributed by atoms with E-state index < -0.39 is 6.10 Å². The van der Waals surface area contributed by atoms with Crippen LogP contribution in [0.5, 0.6) is 5.75 Å². The van der Waals surface area contributed by atoms with Crippen molar-refractivity contribution < 1.29 is 18.7 Å². The van der Waals surface area contributed by atoms with Crippen LogP contribution in [0.4, 0.5) is 0 Å². The summed E-state index contributed by atoms with van der Waals surface area (Å²) >= 11 is 0. The summed E-state index contributed by atoms with van der Waals surface area (Å²) in [6, 6.07) is 7.41. The number of esters is 1. The maximum Gasteiger partial charge on any atom is 0.310 e. The number of rotatable bonds is 5. The fourth-order valence-electron chi connectivity index (χ4n) is 5.86. The zero-order chi connectivity index (χ0) is 19.3. The smallest absolute Gasteiger partial charge is 0.310 e. The van der Waals surface area contributed by atoms with Crippen molar-refractivity contribution >= 4 is 5.97 Å². The summed E-state index contributed by atoms with van der Waals surface area (Å²) in [5.41, 5.74) is 0.805. The molecule has 4 aliphatic rings. The molecule has 1 heterocycles. The van der Waals surface area contributed by atoms with Crippen LogP contribution in [0.1, 0.15) is 51.0 Å². The number of carbonyl (C=O) groups excluding carboxylic acids is 1. The Balaban J connectivity index is 1.26. The number of hydrogen-bond acceptors (Lipinski definition) is 6. The zero-order valence-corrected chi connectivity index (χ0v) is 16.3. The van der Waals surface area contributed by atoms with Gasteiger partial charge < -0.3 is 13.9 Å². The molecular formula is C22H26N2O4. The largest absolute Gasteiger partial charge is 0.497 e. The van der Waals surface area contributed by atoms with E-state index in [-0.39, 0.29) is 11.9 Å². The molecule has 4 bridgehead atoms. The van der Waals surface area contributed by atoms with Crippen molar-refractivity contribution in [3.63, 3.8) is 0 Å². The second kappa shape index (κ2) is 6.90. The molecule has 148 valence electrons. The minimum absolute atomic E-state index is 0.0548. The van der Waals surface area contributed by atoms with Crippen LogP contribution < -0.4 is 4.74 Å². The number of methoxy groups -OCH3 is 1. The van der Waals surface area contributed by atoms with Crippen LogP contribution in [-0.2, 0) is 9.53 Å². The Kier molecular flexibility index (Phi) is 4.37. The normalized spacial score (nSPS) is 31.6. The van der Waals surface area contributed by atoms with Gasteiger partial charge in [-0.1, -0.05) is 0 Å².